The number of thiocarbonyl (C=S) groups is 1. The van der Waals surface area contributed by atoms with Crippen LogP contribution in [0.2, 0.25) is 5.02 Å². The minimum Gasteiger partial charge on any atom is -0.463 e. The van der Waals surface area contributed by atoms with Gasteiger partial charge in [0.15, 0.2) is 5.11 Å². The highest BCUT2D eigenvalue weighted by Gasteiger charge is 2.33. The maximum atomic E-state index is 12.4. The second kappa shape index (κ2) is 7.51. The number of rotatable bonds is 4. The lowest BCUT2D eigenvalue weighted by atomic mass is 10.0. The van der Waals surface area contributed by atoms with Crippen LogP contribution in [0.1, 0.15) is 31.2 Å². The minimum atomic E-state index is -0.518. The molecule has 3 rings (SSSR count). The topological polar surface area (TPSA) is 63.5 Å². The summed E-state index contributed by atoms with van der Waals surface area (Å²) in [5, 5.41) is 7.15. The monoisotopic (exact) mass is 390 g/mol. The van der Waals surface area contributed by atoms with Crippen molar-refractivity contribution >= 4 is 34.9 Å². The molecule has 1 aromatic carbocycles. The fourth-order valence-electron chi connectivity index (χ4n) is 2.91. The Kier molecular flexibility index (Phi) is 5.34. The van der Waals surface area contributed by atoms with Crippen molar-refractivity contribution in [3.8, 4) is 11.3 Å². The summed E-state index contributed by atoms with van der Waals surface area (Å²) >= 11 is 11.4. The third-order valence-electron chi connectivity index (χ3n) is 4.21. The average molecular weight is 391 g/mol. The van der Waals surface area contributed by atoms with E-state index in [0.717, 1.165) is 11.1 Å². The van der Waals surface area contributed by atoms with Crippen LogP contribution in [-0.2, 0) is 9.53 Å². The Morgan fingerprint density at radius 3 is 2.81 bits per heavy atom. The maximum Gasteiger partial charge on any atom is 0.338 e. The summed E-state index contributed by atoms with van der Waals surface area (Å²) in [5.41, 5.74) is 2.93. The third-order valence-corrected chi connectivity index (χ3v) is 4.84. The highest BCUT2D eigenvalue weighted by molar-refractivity contribution is 7.80. The lowest BCUT2D eigenvalue weighted by molar-refractivity contribution is -0.139. The van der Waals surface area contributed by atoms with Crippen LogP contribution in [0.25, 0.3) is 11.3 Å². The zero-order chi connectivity index (χ0) is 18.8. The normalized spacial score (nSPS) is 16.9. The number of nitrogens with one attached hydrogen (secondary N) is 2. The molecule has 1 aliphatic heterocycles. The molecule has 2 aromatic rings. The van der Waals surface area contributed by atoms with Crippen LogP contribution in [0.15, 0.2) is 46.0 Å². The number of carbonyl (C=O) groups is 1. The number of esters is 1. The Hall–Kier alpha value is -2.31. The number of furan rings is 1. The molecule has 0 saturated heterocycles. The highest BCUT2D eigenvalue weighted by atomic mass is 35.5. The first-order chi connectivity index (χ1) is 12.4. The van der Waals surface area contributed by atoms with E-state index in [2.05, 4.69) is 10.6 Å². The van der Waals surface area contributed by atoms with E-state index in [1.54, 1.807) is 13.8 Å². The zero-order valence-corrected chi connectivity index (χ0v) is 16.3. The molecular formula is C19H19ClN2O3S. The standard InChI is InChI=1S/C19H19ClN2O3S/c1-4-24-18(23)16-11(3)21-19(26)22-17(16)15-9-8-14(25-15)12-6-5-7-13(20)10(12)2/h5-9,17H,4H2,1-3H3,(H2,21,22,26)/t17-/m1/s1. The van der Waals surface area contributed by atoms with E-state index in [1.807, 2.05) is 37.3 Å². The summed E-state index contributed by atoms with van der Waals surface area (Å²) < 4.78 is 11.2. The Balaban J connectivity index is 2.01. The minimum absolute atomic E-state index is 0.290. The van der Waals surface area contributed by atoms with Crippen LogP contribution in [0, 0.1) is 6.92 Å². The summed E-state index contributed by atoms with van der Waals surface area (Å²) in [6, 6.07) is 8.82. The molecule has 1 aliphatic rings. The quantitative estimate of drug-likeness (QED) is 0.600. The van der Waals surface area contributed by atoms with E-state index >= 15 is 0 Å². The van der Waals surface area contributed by atoms with Crippen LogP contribution >= 0.6 is 23.8 Å². The largest absolute Gasteiger partial charge is 0.463 e. The SMILES string of the molecule is CCOC(=O)C1=C(C)NC(=S)N[C@@H]1c1ccc(-c2cccc(Cl)c2C)o1. The van der Waals surface area contributed by atoms with Gasteiger partial charge < -0.3 is 19.8 Å². The van der Waals surface area contributed by atoms with Gasteiger partial charge in [-0.1, -0.05) is 23.7 Å². The van der Waals surface area contributed by atoms with E-state index in [9.17, 15) is 4.79 Å². The van der Waals surface area contributed by atoms with E-state index < -0.39 is 12.0 Å². The molecule has 2 heterocycles. The number of carbonyl (C=O) groups excluding carboxylic acids is 1. The first-order valence-corrected chi connectivity index (χ1v) is 9.01. The van der Waals surface area contributed by atoms with Gasteiger partial charge in [0.25, 0.3) is 0 Å². The van der Waals surface area contributed by atoms with E-state index in [4.69, 9.17) is 33.0 Å². The Morgan fingerprint density at radius 2 is 2.08 bits per heavy atom. The fourth-order valence-corrected chi connectivity index (χ4v) is 3.36. The molecule has 2 N–H and O–H groups in total. The molecule has 0 bridgehead atoms. The van der Waals surface area contributed by atoms with Crippen LogP contribution in [0.4, 0.5) is 0 Å². The Morgan fingerprint density at radius 1 is 1.31 bits per heavy atom. The van der Waals surface area contributed by atoms with Gasteiger partial charge in [-0.3, -0.25) is 0 Å². The van der Waals surface area contributed by atoms with Gasteiger partial charge in [0.1, 0.15) is 17.6 Å². The summed E-state index contributed by atoms with van der Waals surface area (Å²) in [5.74, 6) is 0.840. The fraction of sp³-hybridized carbons (Fsp3) is 0.263. The van der Waals surface area contributed by atoms with Gasteiger partial charge in [-0.15, -0.1) is 0 Å². The molecule has 1 aromatic heterocycles. The zero-order valence-electron chi connectivity index (χ0n) is 14.7. The van der Waals surface area contributed by atoms with Gasteiger partial charge in [-0.05, 0) is 56.8 Å². The van der Waals surface area contributed by atoms with Crippen molar-refractivity contribution in [1.29, 1.82) is 0 Å². The van der Waals surface area contributed by atoms with Crippen molar-refractivity contribution in [1.82, 2.24) is 10.6 Å². The second-order valence-corrected chi connectivity index (χ2v) is 6.72. The van der Waals surface area contributed by atoms with Gasteiger partial charge in [0.05, 0.1) is 12.2 Å². The Bertz CT molecular complexity index is 904. The molecule has 136 valence electrons. The molecule has 0 aliphatic carbocycles. The predicted octanol–water partition coefficient (Wildman–Crippen LogP) is 4.26. The molecule has 0 fully saturated rings. The van der Waals surface area contributed by atoms with E-state index in [1.165, 1.54) is 0 Å². The molecule has 26 heavy (non-hydrogen) atoms. The van der Waals surface area contributed by atoms with Crippen molar-refractivity contribution in [3.63, 3.8) is 0 Å². The van der Waals surface area contributed by atoms with Crippen LogP contribution in [0.3, 0.4) is 0 Å². The van der Waals surface area contributed by atoms with Crippen molar-refractivity contribution in [3.05, 3.63) is 57.9 Å². The van der Waals surface area contributed by atoms with Crippen molar-refractivity contribution in [2.24, 2.45) is 0 Å². The van der Waals surface area contributed by atoms with Gasteiger partial charge in [0, 0.05) is 16.3 Å². The van der Waals surface area contributed by atoms with Crippen LogP contribution in [-0.4, -0.2) is 17.7 Å². The number of halogens is 1. The van der Waals surface area contributed by atoms with E-state index in [0.29, 0.717) is 32.9 Å². The summed E-state index contributed by atoms with van der Waals surface area (Å²) in [4.78, 5) is 12.4. The first kappa shape index (κ1) is 18.5. The third kappa shape index (κ3) is 3.48. The lowest BCUT2D eigenvalue weighted by Gasteiger charge is -2.28. The molecule has 1 atom stereocenters. The van der Waals surface area contributed by atoms with Gasteiger partial charge >= 0.3 is 5.97 Å². The van der Waals surface area contributed by atoms with Crippen LogP contribution < -0.4 is 10.6 Å². The van der Waals surface area contributed by atoms with Gasteiger partial charge in [-0.2, -0.15) is 0 Å². The summed E-state index contributed by atoms with van der Waals surface area (Å²) in [6.07, 6.45) is 0. The van der Waals surface area contributed by atoms with Crippen LogP contribution in [0.5, 0.6) is 0 Å². The number of hydrogen-bond donors (Lipinski definition) is 2. The number of allylic oxidation sites excluding steroid dienone is 1. The molecule has 0 radical (unpaired) electrons. The summed E-state index contributed by atoms with van der Waals surface area (Å²) in [7, 11) is 0. The van der Waals surface area contributed by atoms with Gasteiger partial charge in [0.2, 0.25) is 0 Å². The summed E-state index contributed by atoms with van der Waals surface area (Å²) in [6.45, 7) is 5.78. The van der Waals surface area contributed by atoms with Crippen molar-refractivity contribution in [2.45, 2.75) is 26.8 Å². The molecule has 0 amide bonds. The first-order valence-electron chi connectivity index (χ1n) is 8.23. The number of ether oxygens (including phenoxy) is 1. The lowest BCUT2D eigenvalue weighted by Crippen LogP contribution is -2.45. The highest BCUT2D eigenvalue weighted by Crippen LogP contribution is 2.34. The molecule has 0 unspecified atom stereocenters. The Labute approximate surface area is 162 Å². The van der Waals surface area contributed by atoms with E-state index in [-0.39, 0.29) is 6.61 Å². The average Bonchev–Trinajstić information content (AvgIpc) is 3.06. The van der Waals surface area contributed by atoms with Crippen molar-refractivity contribution < 1.29 is 13.9 Å². The number of hydrogen-bond acceptors (Lipinski definition) is 4. The molecule has 5 nitrogen and oxygen atoms in total. The number of benzene rings is 1. The predicted molar refractivity (Wildman–Crippen MR) is 105 cm³/mol. The molecule has 0 spiro atoms. The molecule has 0 saturated carbocycles. The van der Waals surface area contributed by atoms with Crippen molar-refractivity contribution in [2.75, 3.05) is 6.61 Å². The maximum absolute atomic E-state index is 12.4. The molecular weight excluding hydrogens is 372 g/mol. The second-order valence-electron chi connectivity index (χ2n) is 5.91. The van der Waals surface area contributed by atoms with Gasteiger partial charge in [-0.25, -0.2) is 4.79 Å². The smallest absolute Gasteiger partial charge is 0.338 e. The molecule has 7 heteroatoms.